The fraction of sp³-hybridized carbons (Fsp3) is 0.136. The van der Waals surface area contributed by atoms with Gasteiger partial charge >= 0.3 is 6.18 Å². The minimum atomic E-state index is -4.81. The van der Waals surface area contributed by atoms with Gasteiger partial charge in [-0.3, -0.25) is 14.3 Å². The zero-order chi connectivity index (χ0) is 24.3. The molecular weight excluding hydrogens is 464 g/mol. The van der Waals surface area contributed by atoms with Crippen LogP contribution >= 0.6 is 11.6 Å². The van der Waals surface area contributed by atoms with E-state index in [9.17, 15) is 27.2 Å². The fourth-order valence-corrected chi connectivity index (χ4v) is 3.18. The van der Waals surface area contributed by atoms with Crippen molar-refractivity contribution >= 4 is 40.9 Å². The van der Waals surface area contributed by atoms with Gasteiger partial charge in [-0.15, -0.1) is 0 Å². The van der Waals surface area contributed by atoms with Crippen molar-refractivity contribution in [2.75, 3.05) is 10.6 Å². The van der Waals surface area contributed by atoms with Gasteiger partial charge in [0.25, 0.3) is 5.91 Å². The number of hydrogen-bond acceptors (Lipinski definition) is 3. The molecule has 0 unspecified atom stereocenters. The molecule has 0 fully saturated rings. The van der Waals surface area contributed by atoms with E-state index in [2.05, 4.69) is 15.7 Å². The number of carbonyl (C=O) groups is 2. The number of nitrogens with zero attached hydrogens (tertiary/aromatic N) is 2. The zero-order valence-corrected chi connectivity index (χ0v) is 18.1. The molecule has 0 radical (unpaired) electrons. The van der Waals surface area contributed by atoms with E-state index in [0.29, 0.717) is 17.3 Å². The SMILES string of the molecule is Cc1nn(C)c(Cl)c1/C=C/C(=O)Nc1ccc(NC(=O)c2ccc(F)cc2)cc1C(F)(F)F. The standard InChI is InChI=1S/C22H17ClF4N4O2/c1-12-16(20(23)31(2)30-12)8-10-19(32)29-18-9-7-15(11-17(18)22(25,26)27)28-21(33)13-3-5-14(24)6-4-13/h3-11H,1-2H3,(H,28,33)(H,29,32)/b10-8+. The summed E-state index contributed by atoms with van der Waals surface area (Å²) in [6, 6.07) is 7.45. The van der Waals surface area contributed by atoms with Crippen LogP contribution in [0.2, 0.25) is 5.15 Å². The van der Waals surface area contributed by atoms with Crippen molar-refractivity contribution < 1.29 is 27.2 Å². The Bertz CT molecular complexity index is 1230. The second-order valence-electron chi connectivity index (χ2n) is 6.96. The van der Waals surface area contributed by atoms with Crippen LogP contribution in [0.1, 0.15) is 27.2 Å². The van der Waals surface area contributed by atoms with Gasteiger partial charge in [0.2, 0.25) is 5.91 Å². The zero-order valence-electron chi connectivity index (χ0n) is 17.3. The monoisotopic (exact) mass is 480 g/mol. The summed E-state index contributed by atoms with van der Waals surface area (Å²) in [5, 5.41) is 8.85. The van der Waals surface area contributed by atoms with Crippen molar-refractivity contribution in [3.05, 3.63) is 81.9 Å². The Kier molecular flexibility index (Phi) is 6.87. The summed E-state index contributed by atoms with van der Waals surface area (Å²) in [4.78, 5) is 24.4. The number of rotatable bonds is 5. The highest BCUT2D eigenvalue weighted by atomic mass is 35.5. The molecule has 33 heavy (non-hydrogen) atoms. The van der Waals surface area contributed by atoms with Crippen LogP contribution in [0, 0.1) is 12.7 Å². The number of aryl methyl sites for hydroxylation is 2. The predicted molar refractivity (Wildman–Crippen MR) is 116 cm³/mol. The molecule has 2 N–H and O–H groups in total. The average molecular weight is 481 g/mol. The summed E-state index contributed by atoms with van der Waals surface area (Å²) >= 11 is 6.07. The Morgan fingerprint density at radius 3 is 2.33 bits per heavy atom. The van der Waals surface area contributed by atoms with Gasteiger partial charge < -0.3 is 10.6 Å². The number of anilines is 2. The lowest BCUT2D eigenvalue weighted by Crippen LogP contribution is -2.17. The van der Waals surface area contributed by atoms with Crippen molar-refractivity contribution in [2.45, 2.75) is 13.1 Å². The van der Waals surface area contributed by atoms with E-state index < -0.39 is 35.1 Å². The van der Waals surface area contributed by atoms with E-state index in [-0.39, 0.29) is 16.4 Å². The van der Waals surface area contributed by atoms with Crippen LogP contribution in [-0.2, 0) is 18.0 Å². The smallest absolute Gasteiger partial charge is 0.322 e. The summed E-state index contributed by atoms with van der Waals surface area (Å²) in [6.45, 7) is 1.67. The topological polar surface area (TPSA) is 76.0 Å². The lowest BCUT2D eigenvalue weighted by Gasteiger charge is -2.15. The number of hydrogen-bond donors (Lipinski definition) is 2. The Balaban J connectivity index is 1.80. The molecule has 2 amide bonds. The van der Waals surface area contributed by atoms with E-state index in [1.807, 2.05) is 0 Å². The molecule has 172 valence electrons. The van der Waals surface area contributed by atoms with Gasteiger partial charge in [0.05, 0.1) is 16.9 Å². The Hall–Kier alpha value is -3.66. The molecule has 0 saturated carbocycles. The van der Waals surface area contributed by atoms with Crippen LogP contribution in [0.4, 0.5) is 28.9 Å². The Labute approximate surface area is 190 Å². The van der Waals surface area contributed by atoms with Crippen LogP contribution in [0.25, 0.3) is 6.08 Å². The normalized spacial score (nSPS) is 11.6. The summed E-state index contributed by atoms with van der Waals surface area (Å²) in [7, 11) is 1.61. The first-order chi connectivity index (χ1) is 15.5. The summed E-state index contributed by atoms with van der Waals surface area (Å²) in [5.41, 5.74) is -0.726. The number of amides is 2. The van der Waals surface area contributed by atoms with Gasteiger partial charge in [0.1, 0.15) is 11.0 Å². The minimum Gasteiger partial charge on any atom is -0.322 e. The van der Waals surface area contributed by atoms with E-state index in [0.717, 1.165) is 24.3 Å². The first-order valence-corrected chi connectivity index (χ1v) is 9.80. The van der Waals surface area contributed by atoms with Gasteiger partial charge in [-0.1, -0.05) is 11.6 Å². The maximum absolute atomic E-state index is 13.6. The van der Waals surface area contributed by atoms with Gasteiger partial charge in [-0.2, -0.15) is 18.3 Å². The van der Waals surface area contributed by atoms with Crippen molar-refractivity contribution in [1.82, 2.24) is 9.78 Å². The predicted octanol–water partition coefficient (Wildman–Crippen LogP) is 5.44. The van der Waals surface area contributed by atoms with Gasteiger partial charge in [-0.05, 0) is 55.5 Å². The molecule has 0 aliphatic carbocycles. The van der Waals surface area contributed by atoms with Crippen LogP contribution < -0.4 is 10.6 Å². The van der Waals surface area contributed by atoms with E-state index in [1.165, 1.54) is 29.0 Å². The highest BCUT2D eigenvalue weighted by Crippen LogP contribution is 2.36. The number of alkyl halides is 3. The van der Waals surface area contributed by atoms with Crippen LogP contribution in [0.3, 0.4) is 0 Å². The van der Waals surface area contributed by atoms with Crippen molar-refractivity contribution in [1.29, 1.82) is 0 Å². The molecular formula is C22H17ClF4N4O2. The maximum Gasteiger partial charge on any atom is 0.418 e. The molecule has 2 aromatic carbocycles. The van der Waals surface area contributed by atoms with Crippen molar-refractivity contribution in [3.8, 4) is 0 Å². The Morgan fingerprint density at radius 2 is 1.76 bits per heavy atom. The molecule has 6 nitrogen and oxygen atoms in total. The van der Waals surface area contributed by atoms with Crippen LogP contribution in [0.5, 0.6) is 0 Å². The Morgan fingerprint density at radius 1 is 1.09 bits per heavy atom. The lowest BCUT2D eigenvalue weighted by atomic mass is 10.1. The molecule has 0 aliphatic heterocycles. The molecule has 0 aliphatic rings. The second kappa shape index (κ2) is 9.45. The minimum absolute atomic E-state index is 0.0665. The second-order valence-corrected chi connectivity index (χ2v) is 7.31. The maximum atomic E-state index is 13.6. The molecule has 3 aromatic rings. The molecule has 11 heteroatoms. The van der Waals surface area contributed by atoms with Gasteiger partial charge in [0, 0.05) is 29.9 Å². The van der Waals surface area contributed by atoms with Crippen molar-refractivity contribution in [2.24, 2.45) is 7.05 Å². The summed E-state index contributed by atoms with van der Waals surface area (Å²) < 4.78 is 55.2. The van der Waals surface area contributed by atoms with E-state index in [4.69, 9.17) is 11.6 Å². The largest absolute Gasteiger partial charge is 0.418 e. The first kappa shape index (κ1) is 24.0. The van der Waals surface area contributed by atoms with E-state index >= 15 is 0 Å². The van der Waals surface area contributed by atoms with E-state index in [1.54, 1.807) is 14.0 Å². The first-order valence-electron chi connectivity index (χ1n) is 9.42. The highest BCUT2D eigenvalue weighted by Gasteiger charge is 2.34. The quantitative estimate of drug-likeness (QED) is 0.377. The van der Waals surface area contributed by atoms with Gasteiger partial charge in [-0.25, -0.2) is 4.39 Å². The van der Waals surface area contributed by atoms with Crippen LogP contribution in [-0.4, -0.2) is 21.6 Å². The highest BCUT2D eigenvalue weighted by molar-refractivity contribution is 6.31. The molecule has 3 rings (SSSR count). The number of halogens is 5. The van der Waals surface area contributed by atoms with Crippen molar-refractivity contribution in [3.63, 3.8) is 0 Å². The third kappa shape index (κ3) is 5.78. The summed E-state index contributed by atoms with van der Waals surface area (Å²) in [5.74, 6) is -2.09. The molecule has 1 aromatic heterocycles. The summed E-state index contributed by atoms with van der Waals surface area (Å²) in [6.07, 6.45) is -2.42. The van der Waals surface area contributed by atoms with Gasteiger partial charge in [0.15, 0.2) is 0 Å². The number of benzene rings is 2. The third-order valence-corrected chi connectivity index (χ3v) is 4.99. The molecule has 0 atom stereocenters. The fourth-order valence-electron chi connectivity index (χ4n) is 2.94. The number of carbonyl (C=O) groups excluding carboxylic acids is 2. The molecule has 1 heterocycles. The molecule has 0 bridgehead atoms. The average Bonchev–Trinajstić information content (AvgIpc) is 2.98. The third-order valence-electron chi connectivity index (χ3n) is 4.54. The number of nitrogens with one attached hydrogen (secondary N) is 2. The van der Waals surface area contributed by atoms with Crippen LogP contribution in [0.15, 0.2) is 48.5 Å². The molecule has 0 saturated heterocycles. The number of aromatic nitrogens is 2. The molecule has 0 spiro atoms. The lowest BCUT2D eigenvalue weighted by molar-refractivity contribution is -0.136.